The molecule has 0 spiro atoms. The molecule has 4 aromatic rings. The molecule has 0 saturated carbocycles. The summed E-state index contributed by atoms with van der Waals surface area (Å²) >= 11 is 6.43. The van der Waals surface area contributed by atoms with Crippen molar-refractivity contribution in [3.05, 3.63) is 94.1 Å². The number of urea groups is 1. The molecule has 2 amide bonds. The zero-order valence-corrected chi connectivity index (χ0v) is 22.8. The Hall–Kier alpha value is -4.10. The van der Waals surface area contributed by atoms with Gasteiger partial charge in [-0.2, -0.15) is 0 Å². The highest BCUT2D eigenvalue weighted by atomic mass is 35.5. The van der Waals surface area contributed by atoms with E-state index in [0.717, 1.165) is 39.5 Å². The molecule has 1 N–H and O–H groups in total. The van der Waals surface area contributed by atoms with Crippen LogP contribution in [0.1, 0.15) is 48.3 Å². The summed E-state index contributed by atoms with van der Waals surface area (Å²) in [6, 6.07) is 20.8. The lowest BCUT2D eigenvalue weighted by Gasteiger charge is -2.38. The molecule has 2 heterocycles. The predicted molar refractivity (Wildman–Crippen MR) is 154 cm³/mol. The van der Waals surface area contributed by atoms with Crippen LogP contribution >= 0.6 is 11.6 Å². The monoisotopic (exact) mass is 527 g/mol. The fourth-order valence-electron chi connectivity index (χ4n) is 5.05. The number of ether oxygens (including phenoxy) is 1. The summed E-state index contributed by atoms with van der Waals surface area (Å²) < 4.78 is 7.86. The highest BCUT2D eigenvalue weighted by Crippen LogP contribution is 2.45. The van der Waals surface area contributed by atoms with Crippen LogP contribution in [0.3, 0.4) is 0 Å². The molecule has 0 radical (unpaired) electrons. The second-order valence-electron chi connectivity index (χ2n) is 9.52. The number of aliphatic imine (C=N–C) groups is 1. The van der Waals surface area contributed by atoms with Crippen molar-refractivity contribution in [3.63, 3.8) is 0 Å². The maximum absolute atomic E-state index is 13.8. The summed E-state index contributed by atoms with van der Waals surface area (Å²) in [5.41, 5.74) is 5.34. The predicted octanol–water partition coefficient (Wildman–Crippen LogP) is 7.29. The number of benzene rings is 3. The first-order valence-electron chi connectivity index (χ1n) is 12.5. The maximum Gasteiger partial charge on any atom is 0.328 e. The van der Waals surface area contributed by atoms with Crippen molar-refractivity contribution in [1.29, 1.82) is 0 Å². The average molecular weight is 528 g/mol. The first-order chi connectivity index (χ1) is 18.3. The summed E-state index contributed by atoms with van der Waals surface area (Å²) in [6.07, 6.45) is 1.81. The fraction of sp³-hybridized carbons (Fsp3) is 0.233. The van der Waals surface area contributed by atoms with E-state index in [-0.39, 0.29) is 12.1 Å². The molecule has 1 aliphatic heterocycles. The van der Waals surface area contributed by atoms with E-state index in [1.807, 2.05) is 73.7 Å². The van der Waals surface area contributed by atoms with Gasteiger partial charge in [-0.15, -0.1) is 0 Å². The number of hydrogen-bond donors (Lipinski definition) is 1. The Bertz CT molecular complexity index is 1520. The van der Waals surface area contributed by atoms with Gasteiger partial charge in [0.1, 0.15) is 17.6 Å². The highest BCUT2D eigenvalue weighted by Gasteiger charge is 2.41. The quantitative estimate of drug-likeness (QED) is 0.267. The van der Waals surface area contributed by atoms with Gasteiger partial charge < -0.3 is 9.30 Å². The van der Waals surface area contributed by atoms with Crippen LogP contribution in [0, 0.1) is 6.92 Å². The van der Waals surface area contributed by atoms with Gasteiger partial charge in [0.05, 0.1) is 24.1 Å². The number of rotatable bonds is 6. The zero-order valence-electron chi connectivity index (χ0n) is 22.1. The lowest BCUT2D eigenvalue weighted by atomic mass is 9.97. The number of aryl methyl sites for hydroxylation is 1. The number of carbonyl (C=O) groups is 1. The fourth-order valence-corrected chi connectivity index (χ4v) is 5.22. The SMILES string of the molecule is CN=Cc1ccc(C2c3c(nc(-c4ccccc4OC)n3C(C)C)NC(=O)N2c2cc(Cl)ccc2C)cc1. The number of halogens is 1. The van der Waals surface area contributed by atoms with Crippen molar-refractivity contribution in [2.24, 2.45) is 4.99 Å². The van der Waals surface area contributed by atoms with Crippen LogP contribution in [0.25, 0.3) is 11.4 Å². The van der Waals surface area contributed by atoms with Gasteiger partial charge in [-0.05, 0) is 61.7 Å². The Morgan fingerprint density at radius 1 is 1.11 bits per heavy atom. The number of hydrogen-bond acceptors (Lipinski definition) is 4. The smallest absolute Gasteiger partial charge is 0.328 e. The molecule has 0 bridgehead atoms. The first-order valence-corrected chi connectivity index (χ1v) is 12.9. The van der Waals surface area contributed by atoms with Gasteiger partial charge in [0.25, 0.3) is 0 Å². The molecule has 3 aromatic carbocycles. The van der Waals surface area contributed by atoms with E-state index in [4.69, 9.17) is 21.3 Å². The molecule has 38 heavy (non-hydrogen) atoms. The third-order valence-electron chi connectivity index (χ3n) is 6.73. The summed E-state index contributed by atoms with van der Waals surface area (Å²) in [5, 5.41) is 3.62. The number of anilines is 2. The molecule has 5 rings (SSSR count). The van der Waals surface area contributed by atoms with Crippen LogP contribution in [0.5, 0.6) is 5.75 Å². The summed E-state index contributed by atoms with van der Waals surface area (Å²) in [6.45, 7) is 6.21. The molecule has 1 atom stereocenters. The van der Waals surface area contributed by atoms with E-state index in [0.29, 0.717) is 16.6 Å². The minimum absolute atomic E-state index is 0.0393. The van der Waals surface area contributed by atoms with E-state index in [1.165, 1.54) is 0 Å². The number of para-hydroxylation sites is 1. The molecule has 194 valence electrons. The third kappa shape index (κ3) is 4.43. The summed E-state index contributed by atoms with van der Waals surface area (Å²) in [7, 11) is 3.40. The Kier molecular flexibility index (Phi) is 6.95. The molecular weight excluding hydrogens is 498 g/mol. The zero-order chi connectivity index (χ0) is 27.0. The van der Waals surface area contributed by atoms with Crippen LogP contribution in [0.4, 0.5) is 16.3 Å². The minimum atomic E-state index is -0.457. The lowest BCUT2D eigenvalue weighted by Crippen LogP contribution is -2.44. The van der Waals surface area contributed by atoms with Crippen molar-refractivity contribution in [2.75, 3.05) is 24.4 Å². The molecule has 1 unspecified atom stereocenters. The van der Waals surface area contributed by atoms with Crippen molar-refractivity contribution in [1.82, 2.24) is 9.55 Å². The number of aromatic nitrogens is 2. The molecular formula is C30H30ClN5O2. The number of fused-ring (bicyclic) bond motifs is 1. The average Bonchev–Trinajstić information content (AvgIpc) is 3.29. The van der Waals surface area contributed by atoms with Crippen LogP contribution in [0.2, 0.25) is 5.02 Å². The Morgan fingerprint density at radius 2 is 1.84 bits per heavy atom. The van der Waals surface area contributed by atoms with Crippen molar-refractivity contribution >= 4 is 35.4 Å². The van der Waals surface area contributed by atoms with Crippen molar-refractivity contribution < 1.29 is 9.53 Å². The topological polar surface area (TPSA) is 71.8 Å². The Morgan fingerprint density at radius 3 is 2.53 bits per heavy atom. The van der Waals surface area contributed by atoms with Gasteiger partial charge in [-0.1, -0.05) is 54.1 Å². The maximum atomic E-state index is 13.8. The van der Waals surface area contributed by atoms with Gasteiger partial charge >= 0.3 is 6.03 Å². The second-order valence-corrected chi connectivity index (χ2v) is 9.96. The molecule has 0 saturated heterocycles. The second kappa shape index (κ2) is 10.3. The van der Waals surface area contributed by atoms with Gasteiger partial charge in [-0.3, -0.25) is 15.2 Å². The number of imidazole rings is 1. The van der Waals surface area contributed by atoms with E-state index < -0.39 is 6.04 Å². The largest absolute Gasteiger partial charge is 0.496 e. The molecule has 8 heteroatoms. The molecule has 1 aliphatic rings. The van der Waals surface area contributed by atoms with Crippen LogP contribution < -0.4 is 15.0 Å². The van der Waals surface area contributed by atoms with Crippen molar-refractivity contribution in [2.45, 2.75) is 32.9 Å². The van der Waals surface area contributed by atoms with E-state index >= 15 is 0 Å². The number of nitrogens with zero attached hydrogens (tertiary/aromatic N) is 4. The standard InChI is InChI=1S/C30H30ClN5O2/c1-18(2)35-27-26(21-13-11-20(12-14-21)17-32-4)36(24-16-22(31)15-10-19(24)3)30(37)34-28(27)33-29(35)23-8-6-7-9-25(23)38-5/h6-18,26H,1-5H3,(H,34,37). The first kappa shape index (κ1) is 25.5. The molecule has 0 aliphatic carbocycles. The van der Waals surface area contributed by atoms with Gasteiger partial charge in [0, 0.05) is 24.3 Å². The number of carbonyl (C=O) groups excluding carboxylic acids is 1. The summed E-state index contributed by atoms with van der Waals surface area (Å²) in [5.74, 6) is 1.97. The number of methoxy groups -OCH3 is 1. The van der Waals surface area contributed by atoms with E-state index in [9.17, 15) is 4.79 Å². The third-order valence-corrected chi connectivity index (χ3v) is 6.97. The number of nitrogens with one attached hydrogen (secondary N) is 1. The minimum Gasteiger partial charge on any atom is -0.496 e. The molecule has 7 nitrogen and oxygen atoms in total. The Labute approximate surface area is 227 Å². The Balaban J connectivity index is 1.81. The lowest BCUT2D eigenvalue weighted by molar-refractivity contribution is 0.254. The van der Waals surface area contributed by atoms with Crippen molar-refractivity contribution in [3.8, 4) is 17.1 Å². The van der Waals surface area contributed by atoms with Gasteiger partial charge in [0.15, 0.2) is 5.82 Å². The van der Waals surface area contributed by atoms with Crippen LogP contribution in [0.15, 0.2) is 71.7 Å². The van der Waals surface area contributed by atoms with Gasteiger partial charge in [-0.25, -0.2) is 9.78 Å². The van der Waals surface area contributed by atoms with Crippen LogP contribution in [-0.2, 0) is 0 Å². The highest BCUT2D eigenvalue weighted by molar-refractivity contribution is 6.31. The molecule has 1 aromatic heterocycles. The van der Waals surface area contributed by atoms with E-state index in [1.54, 1.807) is 25.3 Å². The molecule has 0 fully saturated rings. The number of amides is 2. The normalized spacial score (nSPS) is 15.2. The van der Waals surface area contributed by atoms with Gasteiger partial charge in [0.2, 0.25) is 0 Å². The van der Waals surface area contributed by atoms with E-state index in [2.05, 4.69) is 28.7 Å². The summed E-state index contributed by atoms with van der Waals surface area (Å²) in [4.78, 5) is 24.7. The van der Waals surface area contributed by atoms with Crippen LogP contribution in [-0.4, -0.2) is 36.0 Å².